The minimum absolute atomic E-state index is 0.0457. The van der Waals surface area contributed by atoms with Gasteiger partial charge in [-0.2, -0.15) is 0 Å². The average molecular weight is 168 g/mol. The van der Waals surface area contributed by atoms with E-state index in [4.69, 9.17) is 0 Å². The van der Waals surface area contributed by atoms with Gasteiger partial charge >= 0.3 is 5.97 Å². The number of rotatable bonds is 2. The van der Waals surface area contributed by atoms with Crippen LogP contribution in [0.25, 0.3) is 0 Å². The van der Waals surface area contributed by atoms with Crippen LogP contribution in [0.3, 0.4) is 0 Å². The van der Waals surface area contributed by atoms with Gasteiger partial charge in [0, 0.05) is 12.4 Å². The van der Waals surface area contributed by atoms with E-state index < -0.39 is 12.1 Å². The topological polar surface area (TPSA) is 72.3 Å². The normalized spacial score (nSPS) is 12.2. The first-order valence-corrected chi connectivity index (χ1v) is 3.28. The van der Waals surface area contributed by atoms with E-state index in [1.807, 2.05) is 0 Å². The first-order valence-electron chi connectivity index (χ1n) is 3.28. The summed E-state index contributed by atoms with van der Waals surface area (Å²) in [7, 11) is 1.19. The molecule has 1 aromatic rings. The molecule has 12 heavy (non-hydrogen) atoms. The summed E-state index contributed by atoms with van der Waals surface area (Å²) in [5.41, 5.74) is 0. The lowest BCUT2D eigenvalue weighted by Crippen LogP contribution is -2.15. The highest BCUT2D eigenvalue weighted by molar-refractivity contribution is 5.74. The summed E-state index contributed by atoms with van der Waals surface area (Å²) in [6.45, 7) is 0. The predicted octanol–water partition coefficient (Wildman–Crippen LogP) is -0.317. The van der Waals surface area contributed by atoms with Gasteiger partial charge in [0.15, 0.2) is 5.82 Å². The van der Waals surface area contributed by atoms with E-state index in [9.17, 15) is 9.90 Å². The molecule has 0 saturated heterocycles. The van der Waals surface area contributed by atoms with Crippen LogP contribution in [0.5, 0.6) is 0 Å². The van der Waals surface area contributed by atoms with Crippen LogP contribution in [-0.2, 0) is 9.53 Å². The molecular formula is C7H8N2O3. The molecule has 1 rings (SSSR count). The van der Waals surface area contributed by atoms with E-state index in [1.54, 1.807) is 6.07 Å². The number of hydrogen-bond donors (Lipinski definition) is 1. The zero-order valence-corrected chi connectivity index (χ0v) is 6.47. The van der Waals surface area contributed by atoms with Gasteiger partial charge in [-0.1, -0.05) is 0 Å². The Morgan fingerprint density at radius 2 is 2.17 bits per heavy atom. The Hall–Kier alpha value is -1.49. The fourth-order valence-corrected chi connectivity index (χ4v) is 0.669. The quantitative estimate of drug-likeness (QED) is 0.613. The van der Waals surface area contributed by atoms with E-state index in [1.165, 1.54) is 19.5 Å². The number of carbonyl (C=O) groups excluding carboxylic acids is 1. The number of aliphatic hydroxyl groups excluding tert-OH is 1. The number of hydrogen-bond acceptors (Lipinski definition) is 5. The molecule has 0 aliphatic heterocycles. The van der Waals surface area contributed by atoms with Crippen molar-refractivity contribution in [2.45, 2.75) is 6.10 Å². The van der Waals surface area contributed by atoms with Crippen LogP contribution < -0.4 is 0 Å². The van der Waals surface area contributed by atoms with Crippen molar-refractivity contribution in [1.82, 2.24) is 9.97 Å². The molecule has 0 amide bonds. The van der Waals surface area contributed by atoms with E-state index in [-0.39, 0.29) is 5.82 Å². The molecule has 1 atom stereocenters. The van der Waals surface area contributed by atoms with Crippen molar-refractivity contribution in [3.8, 4) is 0 Å². The molecule has 1 N–H and O–H groups in total. The average Bonchev–Trinajstić information content (AvgIpc) is 2.17. The molecule has 1 unspecified atom stereocenters. The second-order valence-electron chi connectivity index (χ2n) is 2.03. The molecule has 0 aromatic carbocycles. The molecule has 5 heteroatoms. The van der Waals surface area contributed by atoms with Gasteiger partial charge in [0.1, 0.15) is 0 Å². The number of esters is 1. The van der Waals surface area contributed by atoms with E-state index in [2.05, 4.69) is 14.7 Å². The lowest BCUT2D eigenvalue weighted by atomic mass is 10.3. The van der Waals surface area contributed by atoms with E-state index >= 15 is 0 Å². The number of methoxy groups -OCH3 is 1. The van der Waals surface area contributed by atoms with Crippen molar-refractivity contribution in [2.75, 3.05) is 7.11 Å². The van der Waals surface area contributed by atoms with Gasteiger partial charge in [0.05, 0.1) is 7.11 Å². The number of ether oxygens (including phenoxy) is 1. The van der Waals surface area contributed by atoms with E-state index in [0.717, 1.165) is 0 Å². The SMILES string of the molecule is COC(=O)C(O)c1ncccn1. The molecule has 64 valence electrons. The van der Waals surface area contributed by atoms with Crippen LogP contribution in [-0.4, -0.2) is 28.2 Å². The first kappa shape index (κ1) is 8.61. The Morgan fingerprint density at radius 3 is 2.67 bits per heavy atom. The highest BCUT2D eigenvalue weighted by Gasteiger charge is 2.19. The summed E-state index contributed by atoms with van der Waals surface area (Å²) in [5, 5.41) is 9.19. The minimum atomic E-state index is -1.39. The van der Waals surface area contributed by atoms with Gasteiger partial charge in [0.2, 0.25) is 6.10 Å². The zero-order chi connectivity index (χ0) is 8.97. The maximum atomic E-state index is 10.8. The maximum absolute atomic E-state index is 10.8. The summed E-state index contributed by atoms with van der Waals surface area (Å²) in [4.78, 5) is 18.1. The third-order valence-corrected chi connectivity index (χ3v) is 1.25. The molecule has 0 fully saturated rings. The van der Waals surface area contributed by atoms with Gasteiger partial charge in [-0.3, -0.25) is 0 Å². The molecule has 1 aromatic heterocycles. The van der Waals surface area contributed by atoms with Crippen LogP contribution in [0, 0.1) is 0 Å². The second kappa shape index (κ2) is 3.77. The Labute approximate surface area is 69.0 Å². The molecule has 1 heterocycles. The van der Waals surface area contributed by atoms with Crippen LogP contribution in [0.15, 0.2) is 18.5 Å². The van der Waals surface area contributed by atoms with Crippen LogP contribution in [0.4, 0.5) is 0 Å². The van der Waals surface area contributed by atoms with Gasteiger partial charge in [-0.15, -0.1) is 0 Å². The van der Waals surface area contributed by atoms with Crippen molar-refractivity contribution >= 4 is 5.97 Å². The Bertz CT molecular complexity index is 263. The number of nitrogens with zero attached hydrogens (tertiary/aromatic N) is 2. The molecule has 0 saturated carbocycles. The van der Waals surface area contributed by atoms with Crippen molar-refractivity contribution < 1.29 is 14.6 Å². The Balaban J connectivity index is 2.78. The van der Waals surface area contributed by atoms with Gasteiger partial charge in [-0.25, -0.2) is 14.8 Å². The van der Waals surface area contributed by atoms with Crippen LogP contribution >= 0.6 is 0 Å². The smallest absolute Gasteiger partial charge is 0.342 e. The number of carbonyl (C=O) groups is 1. The van der Waals surface area contributed by atoms with Gasteiger partial charge in [-0.05, 0) is 6.07 Å². The first-order chi connectivity index (χ1) is 5.75. The largest absolute Gasteiger partial charge is 0.467 e. The molecule has 0 radical (unpaired) electrons. The summed E-state index contributed by atoms with van der Waals surface area (Å²) in [6, 6.07) is 1.59. The third-order valence-electron chi connectivity index (χ3n) is 1.25. The molecular weight excluding hydrogens is 160 g/mol. The Morgan fingerprint density at radius 1 is 1.58 bits per heavy atom. The molecule has 5 nitrogen and oxygen atoms in total. The maximum Gasteiger partial charge on any atom is 0.342 e. The fourth-order valence-electron chi connectivity index (χ4n) is 0.669. The zero-order valence-electron chi connectivity index (χ0n) is 6.47. The van der Waals surface area contributed by atoms with Crippen molar-refractivity contribution in [2.24, 2.45) is 0 Å². The summed E-state index contributed by atoms with van der Waals surface area (Å²) >= 11 is 0. The van der Waals surface area contributed by atoms with Crippen LogP contribution in [0.1, 0.15) is 11.9 Å². The van der Waals surface area contributed by atoms with Crippen molar-refractivity contribution in [3.63, 3.8) is 0 Å². The second-order valence-corrected chi connectivity index (χ2v) is 2.03. The van der Waals surface area contributed by atoms with Crippen molar-refractivity contribution in [1.29, 1.82) is 0 Å². The van der Waals surface area contributed by atoms with Gasteiger partial charge in [0.25, 0.3) is 0 Å². The molecule has 0 bridgehead atoms. The van der Waals surface area contributed by atoms with Gasteiger partial charge < -0.3 is 9.84 Å². The lowest BCUT2D eigenvalue weighted by Gasteiger charge is -2.04. The molecule has 0 spiro atoms. The fraction of sp³-hybridized carbons (Fsp3) is 0.286. The minimum Gasteiger partial charge on any atom is -0.467 e. The molecule has 0 aliphatic rings. The lowest BCUT2D eigenvalue weighted by molar-refractivity contribution is -0.151. The molecule has 0 aliphatic carbocycles. The standard InChI is InChI=1S/C7H8N2O3/c1-12-7(11)5(10)6-8-3-2-4-9-6/h2-5,10H,1H3. The third kappa shape index (κ3) is 1.76. The summed E-state index contributed by atoms with van der Waals surface area (Å²) < 4.78 is 4.30. The number of aliphatic hydroxyl groups is 1. The monoisotopic (exact) mass is 168 g/mol. The number of aromatic nitrogens is 2. The van der Waals surface area contributed by atoms with Crippen LogP contribution in [0.2, 0.25) is 0 Å². The highest BCUT2D eigenvalue weighted by Crippen LogP contribution is 2.06. The Kier molecular flexibility index (Phi) is 2.71. The summed E-state index contributed by atoms with van der Waals surface area (Å²) in [6.07, 6.45) is 1.49. The summed E-state index contributed by atoms with van der Waals surface area (Å²) in [5.74, 6) is -0.717. The van der Waals surface area contributed by atoms with E-state index in [0.29, 0.717) is 0 Å². The highest BCUT2D eigenvalue weighted by atomic mass is 16.5. The predicted molar refractivity (Wildman–Crippen MR) is 39.0 cm³/mol. The van der Waals surface area contributed by atoms with Crippen molar-refractivity contribution in [3.05, 3.63) is 24.3 Å².